The molecule has 5 unspecified atom stereocenters. The summed E-state index contributed by atoms with van der Waals surface area (Å²) in [6.07, 6.45) is 1.43. The van der Waals surface area contributed by atoms with Gasteiger partial charge < -0.3 is 5.73 Å². The van der Waals surface area contributed by atoms with Gasteiger partial charge in [-0.25, -0.2) is 0 Å². The summed E-state index contributed by atoms with van der Waals surface area (Å²) in [4.78, 5) is 2.59. The maximum atomic E-state index is 6.02. The number of hydrogen-bond acceptors (Lipinski definition) is 2. The van der Waals surface area contributed by atoms with Crippen LogP contribution in [0.25, 0.3) is 0 Å². The van der Waals surface area contributed by atoms with E-state index in [0.29, 0.717) is 12.0 Å². The second-order valence-electron chi connectivity index (χ2n) is 5.21. The molecule has 1 heterocycles. The monoisotopic (exact) mass is 182 g/mol. The Labute approximate surface area is 81.5 Å². The summed E-state index contributed by atoms with van der Waals surface area (Å²) in [5.41, 5.74) is 6.02. The minimum atomic E-state index is 0.413. The molecule has 0 amide bonds. The highest BCUT2D eigenvalue weighted by Gasteiger charge is 2.42. The van der Waals surface area contributed by atoms with Crippen LogP contribution in [0.1, 0.15) is 27.2 Å². The van der Waals surface area contributed by atoms with Gasteiger partial charge in [-0.3, -0.25) is 4.90 Å². The molecule has 2 N–H and O–H groups in total. The highest BCUT2D eigenvalue weighted by Crippen LogP contribution is 2.43. The predicted molar refractivity (Wildman–Crippen MR) is 55.4 cm³/mol. The summed E-state index contributed by atoms with van der Waals surface area (Å²) >= 11 is 0. The zero-order valence-corrected chi connectivity index (χ0v) is 9.03. The lowest BCUT2D eigenvalue weighted by atomic mass is 10.1. The number of hydrogen-bond donors (Lipinski definition) is 1. The first-order chi connectivity index (χ1) is 6.09. The Morgan fingerprint density at radius 3 is 2.23 bits per heavy atom. The van der Waals surface area contributed by atoms with Crippen LogP contribution in [0.5, 0.6) is 0 Å². The smallest absolute Gasteiger partial charge is 0.0206 e. The highest BCUT2D eigenvalue weighted by molar-refractivity contribution is 4.95. The first-order valence-corrected chi connectivity index (χ1v) is 5.59. The van der Waals surface area contributed by atoms with E-state index >= 15 is 0 Å². The van der Waals surface area contributed by atoms with Crippen molar-refractivity contribution < 1.29 is 0 Å². The van der Waals surface area contributed by atoms with E-state index in [1.807, 2.05) is 0 Å². The lowest BCUT2D eigenvalue weighted by Crippen LogP contribution is -2.35. The van der Waals surface area contributed by atoms with Crippen molar-refractivity contribution in [2.24, 2.45) is 23.5 Å². The molecule has 13 heavy (non-hydrogen) atoms. The molecular weight excluding hydrogens is 160 g/mol. The van der Waals surface area contributed by atoms with Crippen LogP contribution in [0.15, 0.2) is 0 Å². The molecule has 0 bridgehead atoms. The van der Waals surface area contributed by atoms with Gasteiger partial charge in [0.25, 0.3) is 0 Å². The Kier molecular flexibility index (Phi) is 2.37. The number of likely N-dealkylation sites (tertiary alicyclic amines) is 1. The zero-order chi connectivity index (χ0) is 9.59. The van der Waals surface area contributed by atoms with Crippen LogP contribution in [0.3, 0.4) is 0 Å². The molecule has 0 radical (unpaired) electrons. The van der Waals surface area contributed by atoms with Crippen LogP contribution in [0.4, 0.5) is 0 Å². The van der Waals surface area contributed by atoms with E-state index in [4.69, 9.17) is 5.73 Å². The molecule has 2 fully saturated rings. The largest absolute Gasteiger partial charge is 0.326 e. The third kappa shape index (κ3) is 1.75. The second kappa shape index (κ2) is 3.25. The Bertz CT molecular complexity index is 183. The van der Waals surface area contributed by atoms with Crippen molar-refractivity contribution in [3.63, 3.8) is 0 Å². The van der Waals surface area contributed by atoms with Crippen LogP contribution in [-0.4, -0.2) is 30.1 Å². The fourth-order valence-corrected chi connectivity index (χ4v) is 2.66. The van der Waals surface area contributed by atoms with Crippen LogP contribution in [0.2, 0.25) is 0 Å². The van der Waals surface area contributed by atoms with E-state index in [-0.39, 0.29) is 0 Å². The summed E-state index contributed by atoms with van der Waals surface area (Å²) in [7, 11) is 0. The maximum absolute atomic E-state index is 6.02. The van der Waals surface area contributed by atoms with Gasteiger partial charge in [-0.15, -0.1) is 0 Å². The van der Waals surface area contributed by atoms with Crippen molar-refractivity contribution >= 4 is 0 Å². The Hall–Kier alpha value is -0.0800. The fraction of sp³-hybridized carbons (Fsp3) is 1.00. The third-order valence-corrected chi connectivity index (χ3v) is 4.07. The van der Waals surface area contributed by atoms with E-state index in [2.05, 4.69) is 25.7 Å². The summed E-state index contributed by atoms with van der Waals surface area (Å²) in [6.45, 7) is 9.34. The highest BCUT2D eigenvalue weighted by atomic mass is 15.2. The molecule has 1 saturated carbocycles. The molecule has 1 saturated heterocycles. The van der Waals surface area contributed by atoms with Gasteiger partial charge in [0, 0.05) is 25.2 Å². The van der Waals surface area contributed by atoms with Gasteiger partial charge in [0.1, 0.15) is 0 Å². The van der Waals surface area contributed by atoms with E-state index in [1.165, 1.54) is 13.0 Å². The predicted octanol–water partition coefficient (Wildman–Crippen LogP) is 1.31. The van der Waals surface area contributed by atoms with Gasteiger partial charge in [-0.2, -0.15) is 0 Å². The van der Waals surface area contributed by atoms with Gasteiger partial charge >= 0.3 is 0 Å². The van der Waals surface area contributed by atoms with Crippen molar-refractivity contribution in [3.8, 4) is 0 Å². The first kappa shape index (κ1) is 9.47. The van der Waals surface area contributed by atoms with Crippen LogP contribution < -0.4 is 5.73 Å². The van der Waals surface area contributed by atoms with Gasteiger partial charge in [0.2, 0.25) is 0 Å². The Morgan fingerprint density at radius 1 is 1.23 bits per heavy atom. The Balaban J connectivity index is 1.88. The lowest BCUT2D eigenvalue weighted by Gasteiger charge is -2.24. The van der Waals surface area contributed by atoms with Crippen molar-refractivity contribution in [2.75, 3.05) is 13.1 Å². The van der Waals surface area contributed by atoms with Gasteiger partial charge in [0.05, 0.1) is 0 Å². The van der Waals surface area contributed by atoms with E-state index in [1.54, 1.807) is 0 Å². The van der Waals surface area contributed by atoms with Crippen LogP contribution in [-0.2, 0) is 0 Å². The number of rotatable bonds is 2. The average Bonchev–Trinajstić information content (AvgIpc) is 2.70. The van der Waals surface area contributed by atoms with E-state index < -0.39 is 0 Å². The van der Waals surface area contributed by atoms with Crippen LogP contribution >= 0.6 is 0 Å². The molecule has 0 aromatic carbocycles. The molecule has 2 aliphatic rings. The molecule has 0 aromatic rings. The molecule has 76 valence electrons. The summed E-state index contributed by atoms with van der Waals surface area (Å²) in [6, 6.07) is 1.18. The summed E-state index contributed by atoms with van der Waals surface area (Å²) in [5, 5.41) is 0. The summed E-state index contributed by atoms with van der Waals surface area (Å²) < 4.78 is 0. The molecular formula is C11H22N2. The standard InChI is InChI=1S/C11H22N2/c1-7-4-10(7)9(3)13-5-8(2)11(12)6-13/h7-11H,4-6,12H2,1-3H3. The Morgan fingerprint density at radius 2 is 1.85 bits per heavy atom. The molecule has 1 aliphatic carbocycles. The normalized spacial score (nSPS) is 48.0. The molecule has 2 nitrogen and oxygen atoms in total. The molecule has 1 aliphatic heterocycles. The fourth-order valence-electron chi connectivity index (χ4n) is 2.66. The molecule has 0 spiro atoms. The van der Waals surface area contributed by atoms with Gasteiger partial charge in [0.15, 0.2) is 0 Å². The zero-order valence-electron chi connectivity index (χ0n) is 9.03. The second-order valence-corrected chi connectivity index (χ2v) is 5.21. The molecule has 2 rings (SSSR count). The van der Waals surface area contributed by atoms with Crippen molar-refractivity contribution in [2.45, 2.75) is 39.3 Å². The van der Waals surface area contributed by atoms with E-state index in [0.717, 1.165) is 24.4 Å². The number of nitrogens with two attached hydrogens (primary N) is 1. The van der Waals surface area contributed by atoms with Gasteiger partial charge in [-0.05, 0) is 31.1 Å². The first-order valence-electron chi connectivity index (χ1n) is 5.59. The van der Waals surface area contributed by atoms with E-state index in [9.17, 15) is 0 Å². The topological polar surface area (TPSA) is 29.3 Å². The van der Waals surface area contributed by atoms with Gasteiger partial charge in [-0.1, -0.05) is 13.8 Å². The third-order valence-electron chi connectivity index (χ3n) is 4.07. The lowest BCUT2D eigenvalue weighted by molar-refractivity contribution is 0.221. The number of nitrogens with zero attached hydrogens (tertiary/aromatic N) is 1. The van der Waals surface area contributed by atoms with Crippen molar-refractivity contribution in [1.82, 2.24) is 4.90 Å². The SMILES string of the molecule is CC1CN(C(C)C2CC2C)CC1N. The molecule has 5 atom stereocenters. The summed E-state index contributed by atoms with van der Waals surface area (Å²) in [5.74, 6) is 2.61. The minimum absolute atomic E-state index is 0.413. The molecule has 2 heteroatoms. The minimum Gasteiger partial charge on any atom is -0.326 e. The maximum Gasteiger partial charge on any atom is 0.0206 e. The quantitative estimate of drug-likeness (QED) is 0.697. The average molecular weight is 182 g/mol. The molecule has 0 aromatic heterocycles. The van der Waals surface area contributed by atoms with Crippen molar-refractivity contribution in [1.29, 1.82) is 0 Å². The van der Waals surface area contributed by atoms with Crippen molar-refractivity contribution in [3.05, 3.63) is 0 Å². The van der Waals surface area contributed by atoms with Crippen LogP contribution in [0, 0.1) is 17.8 Å².